The third-order valence-corrected chi connectivity index (χ3v) is 3.99. The first-order valence-corrected chi connectivity index (χ1v) is 6.80. The van der Waals surface area contributed by atoms with Gasteiger partial charge in [0.1, 0.15) is 5.75 Å². The van der Waals surface area contributed by atoms with E-state index in [2.05, 4.69) is 18.3 Å². The van der Waals surface area contributed by atoms with Crippen LogP contribution in [0, 0.1) is 5.92 Å². The summed E-state index contributed by atoms with van der Waals surface area (Å²) >= 11 is 0. The SMILES string of the molecule is COc1ccccc1NC1(CN)CCCC(C)C1. The summed E-state index contributed by atoms with van der Waals surface area (Å²) in [6.07, 6.45) is 4.85. The Morgan fingerprint density at radius 1 is 1.44 bits per heavy atom. The van der Waals surface area contributed by atoms with E-state index in [9.17, 15) is 0 Å². The Kier molecular flexibility index (Phi) is 4.12. The highest BCUT2D eigenvalue weighted by Crippen LogP contribution is 2.36. The Labute approximate surface area is 110 Å². The molecule has 100 valence electrons. The van der Waals surface area contributed by atoms with E-state index in [1.54, 1.807) is 7.11 Å². The van der Waals surface area contributed by atoms with Crippen molar-refractivity contribution in [2.24, 2.45) is 11.7 Å². The first kappa shape index (κ1) is 13.2. The van der Waals surface area contributed by atoms with Crippen LogP contribution in [0.15, 0.2) is 24.3 Å². The highest BCUT2D eigenvalue weighted by molar-refractivity contribution is 5.57. The Bertz CT molecular complexity index is 394. The number of para-hydroxylation sites is 2. The number of benzene rings is 1. The van der Waals surface area contributed by atoms with Gasteiger partial charge < -0.3 is 15.8 Å². The molecule has 1 aliphatic rings. The highest BCUT2D eigenvalue weighted by atomic mass is 16.5. The monoisotopic (exact) mass is 248 g/mol. The van der Waals surface area contributed by atoms with E-state index >= 15 is 0 Å². The fourth-order valence-electron chi connectivity index (χ4n) is 3.04. The smallest absolute Gasteiger partial charge is 0.141 e. The maximum atomic E-state index is 6.04. The molecule has 2 atom stereocenters. The highest BCUT2D eigenvalue weighted by Gasteiger charge is 2.34. The van der Waals surface area contributed by atoms with Gasteiger partial charge in [-0.3, -0.25) is 0 Å². The maximum absolute atomic E-state index is 6.04. The molecule has 1 aromatic carbocycles. The summed E-state index contributed by atoms with van der Waals surface area (Å²) in [6.45, 7) is 2.99. The van der Waals surface area contributed by atoms with E-state index in [0.29, 0.717) is 6.54 Å². The van der Waals surface area contributed by atoms with Crippen LogP contribution in [0.5, 0.6) is 5.75 Å². The summed E-state index contributed by atoms with van der Waals surface area (Å²) in [6, 6.07) is 8.07. The third-order valence-electron chi connectivity index (χ3n) is 3.99. The number of rotatable bonds is 4. The fourth-order valence-corrected chi connectivity index (χ4v) is 3.04. The van der Waals surface area contributed by atoms with Gasteiger partial charge in [0.25, 0.3) is 0 Å². The second-order valence-electron chi connectivity index (χ2n) is 5.51. The van der Waals surface area contributed by atoms with Crippen LogP contribution < -0.4 is 15.8 Å². The minimum Gasteiger partial charge on any atom is -0.495 e. The second-order valence-corrected chi connectivity index (χ2v) is 5.51. The van der Waals surface area contributed by atoms with Gasteiger partial charge in [0, 0.05) is 12.1 Å². The molecule has 0 amide bonds. The fraction of sp³-hybridized carbons (Fsp3) is 0.600. The van der Waals surface area contributed by atoms with Gasteiger partial charge in [0.05, 0.1) is 12.8 Å². The van der Waals surface area contributed by atoms with E-state index < -0.39 is 0 Å². The molecule has 1 aliphatic carbocycles. The largest absolute Gasteiger partial charge is 0.495 e. The molecule has 0 bridgehead atoms. The van der Waals surface area contributed by atoms with Gasteiger partial charge in [-0.05, 0) is 30.9 Å². The van der Waals surface area contributed by atoms with Crippen LogP contribution in [0.3, 0.4) is 0 Å². The quantitative estimate of drug-likeness (QED) is 0.861. The molecule has 2 rings (SSSR count). The molecule has 3 nitrogen and oxygen atoms in total. The van der Waals surface area contributed by atoms with Crippen LogP contribution in [-0.2, 0) is 0 Å². The van der Waals surface area contributed by atoms with Gasteiger partial charge >= 0.3 is 0 Å². The lowest BCUT2D eigenvalue weighted by molar-refractivity contribution is 0.263. The molecule has 2 unspecified atom stereocenters. The molecule has 0 radical (unpaired) electrons. The summed E-state index contributed by atoms with van der Waals surface area (Å²) in [5.74, 6) is 1.63. The third kappa shape index (κ3) is 2.78. The van der Waals surface area contributed by atoms with Crippen LogP contribution in [0.25, 0.3) is 0 Å². The number of anilines is 1. The van der Waals surface area contributed by atoms with Crippen LogP contribution in [0.2, 0.25) is 0 Å². The zero-order chi connectivity index (χ0) is 13.0. The lowest BCUT2D eigenvalue weighted by atomic mass is 9.76. The van der Waals surface area contributed by atoms with Crippen LogP contribution in [0.4, 0.5) is 5.69 Å². The van der Waals surface area contributed by atoms with Crippen molar-refractivity contribution in [1.82, 2.24) is 0 Å². The topological polar surface area (TPSA) is 47.3 Å². The first-order chi connectivity index (χ1) is 8.69. The number of hydrogen-bond donors (Lipinski definition) is 2. The van der Waals surface area contributed by atoms with Gasteiger partial charge in [-0.15, -0.1) is 0 Å². The van der Waals surface area contributed by atoms with E-state index in [1.165, 1.54) is 12.8 Å². The van der Waals surface area contributed by atoms with E-state index in [0.717, 1.165) is 30.2 Å². The molecule has 0 spiro atoms. The van der Waals surface area contributed by atoms with Crippen molar-refractivity contribution in [3.8, 4) is 5.75 Å². The molecular formula is C15H24N2O. The number of nitrogens with two attached hydrogens (primary N) is 1. The van der Waals surface area contributed by atoms with Gasteiger partial charge in [-0.25, -0.2) is 0 Å². The molecule has 1 aromatic rings. The van der Waals surface area contributed by atoms with Gasteiger partial charge in [0.2, 0.25) is 0 Å². The predicted octanol–water partition coefficient (Wildman–Crippen LogP) is 3.01. The molecule has 0 heterocycles. The minimum atomic E-state index is 0.0340. The Hall–Kier alpha value is -1.22. The molecule has 3 N–H and O–H groups in total. The van der Waals surface area contributed by atoms with Gasteiger partial charge in [-0.2, -0.15) is 0 Å². The molecule has 0 saturated heterocycles. The van der Waals surface area contributed by atoms with Crippen molar-refractivity contribution >= 4 is 5.69 Å². The second kappa shape index (κ2) is 5.61. The summed E-state index contributed by atoms with van der Waals surface area (Å²) in [5.41, 5.74) is 7.13. The van der Waals surface area contributed by atoms with Crippen molar-refractivity contribution in [2.75, 3.05) is 19.0 Å². The number of ether oxygens (including phenoxy) is 1. The first-order valence-electron chi connectivity index (χ1n) is 6.80. The van der Waals surface area contributed by atoms with Crippen LogP contribution in [0.1, 0.15) is 32.6 Å². The Morgan fingerprint density at radius 2 is 2.22 bits per heavy atom. The summed E-state index contributed by atoms with van der Waals surface area (Å²) in [4.78, 5) is 0. The number of methoxy groups -OCH3 is 1. The summed E-state index contributed by atoms with van der Waals surface area (Å²) in [5, 5.41) is 3.64. The Balaban J connectivity index is 2.19. The minimum absolute atomic E-state index is 0.0340. The van der Waals surface area contributed by atoms with Crippen LogP contribution >= 0.6 is 0 Å². The molecule has 18 heavy (non-hydrogen) atoms. The standard InChI is InChI=1S/C15H24N2O/c1-12-6-5-9-15(10-12,11-16)17-13-7-3-4-8-14(13)18-2/h3-4,7-8,12,17H,5-6,9-11,16H2,1-2H3. The lowest BCUT2D eigenvalue weighted by Crippen LogP contribution is -2.48. The van der Waals surface area contributed by atoms with Crippen molar-refractivity contribution in [3.63, 3.8) is 0 Å². The van der Waals surface area contributed by atoms with Crippen molar-refractivity contribution in [1.29, 1.82) is 0 Å². The Morgan fingerprint density at radius 3 is 2.89 bits per heavy atom. The van der Waals surface area contributed by atoms with Crippen LogP contribution in [-0.4, -0.2) is 19.2 Å². The lowest BCUT2D eigenvalue weighted by Gasteiger charge is -2.41. The zero-order valence-corrected chi connectivity index (χ0v) is 11.4. The van der Waals surface area contributed by atoms with Crippen molar-refractivity contribution in [2.45, 2.75) is 38.1 Å². The summed E-state index contributed by atoms with van der Waals surface area (Å²) in [7, 11) is 1.71. The molecule has 0 aliphatic heterocycles. The number of nitrogens with one attached hydrogen (secondary N) is 1. The van der Waals surface area contributed by atoms with Crippen molar-refractivity contribution < 1.29 is 4.74 Å². The van der Waals surface area contributed by atoms with E-state index in [1.807, 2.05) is 18.2 Å². The number of hydrogen-bond acceptors (Lipinski definition) is 3. The van der Waals surface area contributed by atoms with Gasteiger partial charge in [0.15, 0.2) is 0 Å². The molecule has 1 fully saturated rings. The summed E-state index contributed by atoms with van der Waals surface area (Å²) < 4.78 is 5.40. The maximum Gasteiger partial charge on any atom is 0.141 e. The van der Waals surface area contributed by atoms with E-state index in [-0.39, 0.29) is 5.54 Å². The molecule has 0 aromatic heterocycles. The average molecular weight is 248 g/mol. The van der Waals surface area contributed by atoms with Gasteiger partial charge in [-0.1, -0.05) is 31.9 Å². The molecule has 3 heteroatoms. The van der Waals surface area contributed by atoms with Crippen molar-refractivity contribution in [3.05, 3.63) is 24.3 Å². The molecule has 1 saturated carbocycles. The predicted molar refractivity (Wildman–Crippen MR) is 76.0 cm³/mol. The normalized spacial score (nSPS) is 27.8. The average Bonchev–Trinajstić information content (AvgIpc) is 2.39. The zero-order valence-electron chi connectivity index (χ0n) is 11.4. The van der Waals surface area contributed by atoms with E-state index in [4.69, 9.17) is 10.5 Å². The molecular weight excluding hydrogens is 224 g/mol.